The van der Waals surface area contributed by atoms with E-state index in [1.807, 2.05) is 0 Å². The lowest BCUT2D eigenvalue weighted by Gasteiger charge is -2.26. The van der Waals surface area contributed by atoms with Gasteiger partial charge in [-0.3, -0.25) is 9.89 Å². The molecular weight excluding hydrogens is 414 g/mol. The first kappa shape index (κ1) is 21.8. The summed E-state index contributed by atoms with van der Waals surface area (Å²) in [5.41, 5.74) is 0.826. The summed E-state index contributed by atoms with van der Waals surface area (Å²) < 4.78 is 31.9. The van der Waals surface area contributed by atoms with Crippen molar-refractivity contribution in [2.45, 2.75) is 36.4 Å². The quantitative estimate of drug-likeness (QED) is 0.564. The van der Waals surface area contributed by atoms with Crippen molar-refractivity contribution in [3.63, 3.8) is 0 Å². The molecular formula is C18H25N5O4S2. The Morgan fingerprint density at radius 3 is 2.69 bits per heavy atom. The van der Waals surface area contributed by atoms with Crippen LogP contribution in [0.15, 0.2) is 34.3 Å². The Morgan fingerprint density at radius 2 is 2.00 bits per heavy atom. The van der Waals surface area contributed by atoms with E-state index in [0.29, 0.717) is 38.0 Å². The average molecular weight is 440 g/mol. The summed E-state index contributed by atoms with van der Waals surface area (Å²) in [4.78, 5) is 16.6. The molecule has 1 saturated heterocycles. The molecule has 3 rings (SSSR count). The van der Waals surface area contributed by atoms with E-state index in [1.54, 1.807) is 24.3 Å². The lowest BCUT2D eigenvalue weighted by Crippen LogP contribution is -2.40. The van der Waals surface area contributed by atoms with Gasteiger partial charge in [-0.05, 0) is 24.1 Å². The van der Waals surface area contributed by atoms with E-state index < -0.39 is 10.0 Å². The minimum absolute atomic E-state index is 0.137. The number of aromatic nitrogens is 3. The van der Waals surface area contributed by atoms with Gasteiger partial charge >= 0.3 is 0 Å². The highest BCUT2D eigenvalue weighted by Gasteiger charge is 2.26. The van der Waals surface area contributed by atoms with E-state index in [0.717, 1.165) is 24.2 Å². The zero-order chi connectivity index (χ0) is 20.7. The number of benzene rings is 1. The van der Waals surface area contributed by atoms with Crippen LogP contribution in [-0.4, -0.2) is 65.9 Å². The largest absolute Gasteiger partial charge is 0.379 e. The van der Waals surface area contributed by atoms with Gasteiger partial charge in [0, 0.05) is 26.1 Å². The summed E-state index contributed by atoms with van der Waals surface area (Å²) in [6.45, 7) is 3.94. The first-order chi connectivity index (χ1) is 14.0. The number of thioether (sulfide) groups is 1. The smallest absolute Gasteiger partial charge is 0.243 e. The van der Waals surface area contributed by atoms with Crippen molar-refractivity contribution in [2.75, 3.05) is 32.1 Å². The third kappa shape index (κ3) is 6.01. The van der Waals surface area contributed by atoms with E-state index >= 15 is 0 Å². The Bertz CT molecular complexity index is 909. The normalized spacial score (nSPS) is 15.3. The van der Waals surface area contributed by atoms with Gasteiger partial charge < -0.3 is 10.1 Å². The standard InChI is InChI=1S/C18H25N5O4S2/c1-2-3-16-20-18(22-21-16)28-13-17(24)19-12-14-4-6-15(7-5-14)29(25,26)23-8-10-27-11-9-23/h4-7H,2-3,8-13H2,1H3,(H,19,24)(H,20,21,22). The summed E-state index contributed by atoms with van der Waals surface area (Å²) in [5, 5.41) is 10.3. The summed E-state index contributed by atoms with van der Waals surface area (Å²) in [5.74, 6) is 0.900. The second-order valence-corrected chi connectivity index (χ2v) is 9.42. The summed E-state index contributed by atoms with van der Waals surface area (Å²) >= 11 is 1.27. The van der Waals surface area contributed by atoms with Gasteiger partial charge in [-0.25, -0.2) is 13.4 Å². The highest BCUT2D eigenvalue weighted by atomic mass is 32.2. The molecule has 2 N–H and O–H groups in total. The summed E-state index contributed by atoms with van der Waals surface area (Å²) in [7, 11) is -3.51. The molecule has 0 unspecified atom stereocenters. The maximum Gasteiger partial charge on any atom is 0.243 e. The summed E-state index contributed by atoms with van der Waals surface area (Å²) in [6.07, 6.45) is 1.81. The van der Waals surface area contributed by atoms with Crippen LogP contribution in [0.5, 0.6) is 0 Å². The van der Waals surface area contributed by atoms with Crippen molar-refractivity contribution in [1.82, 2.24) is 24.8 Å². The lowest BCUT2D eigenvalue weighted by atomic mass is 10.2. The number of amides is 1. The van der Waals surface area contributed by atoms with Crippen molar-refractivity contribution in [2.24, 2.45) is 0 Å². The molecule has 0 saturated carbocycles. The minimum Gasteiger partial charge on any atom is -0.379 e. The predicted molar refractivity (Wildman–Crippen MR) is 109 cm³/mol. The Labute approximate surface area is 174 Å². The number of ether oxygens (including phenoxy) is 1. The summed E-state index contributed by atoms with van der Waals surface area (Å²) in [6, 6.07) is 6.58. The molecule has 9 nitrogen and oxygen atoms in total. The highest BCUT2D eigenvalue weighted by molar-refractivity contribution is 7.99. The fourth-order valence-electron chi connectivity index (χ4n) is 2.79. The average Bonchev–Trinajstić information content (AvgIpc) is 3.19. The zero-order valence-electron chi connectivity index (χ0n) is 16.3. The molecule has 1 aliphatic rings. The maximum absolute atomic E-state index is 12.6. The molecule has 0 spiro atoms. The van der Waals surface area contributed by atoms with Gasteiger partial charge in [0.2, 0.25) is 21.1 Å². The van der Waals surface area contributed by atoms with Crippen LogP contribution in [0.25, 0.3) is 0 Å². The molecule has 1 aliphatic heterocycles. The molecule has 0 radical (unpaired) electrons. The van der Waals surface area contributed by atoms with Crippen molar-refractivity contribution in [1.29, 1.82) is 0 Å². The molecule has 2 heterocycles. The molecule has 1 aromatic heterocycles. The Balaban J connectivity index is 1.47. The van der Waals surface area contributed by atoms with Crippen LogP contribution < -0.4 is 5.32 Å². The van der Waals surface area contributed by atoms with E-state index in [9.17, 15) is 13.2 Å². The number of aryl methyl sites for hydroxylation is 1. The van der Waals surface area contributed by atoms with Gasteiger partial charge in [0.15, 0.2) is 0 Å². The zero-order valence-corrected chi connectivity index (χ0v) is 17.9. The van der Waals surface area contributed by atoms with Gasteiger partial charge in [-0.2, -0.15) is 4.31 Å². The molecule has 0 aliphatic carbocycles. The van der Waals surface area contributed by atoms with Crippen LogP contribution >= 0.6 is 11.8 Å². The molecule has 2 aromatic rings. The molecule has 0 bridgehead atoms. The fourth-order valence-corrected chi connectivity index (χ4v) is 4.84. The highest BCUT2D eigenvalue weighted by Crippen LogP contribution is 2.18. The number of hydrogen-bond donors (Lipinski definition) is 2. The predicted octanol–water partition coefficient (Wildman–Crippen LogP) is 1.19. The number of sulfonamides is 1. The molecule has 29 heavy (non-hydrogen) atoms. The Kier molecular flexibility index (Phi) is 7.64. The van der Waals surface area contributed by atoms with E-state index in [1.165, 1.54) is 16.1 Å². The van der Waals surface area contributed by atoms with Crippen LogP contribution in [0, 0.1) is 0 Å². The van der Waals surface area contributed by atoms with E-state index in [4.69, 9.17) is 4.74 Å². The van der Waals surface area contributed by atoms with Gasteiger partial charge in [-0.15, -0.1) is 5.10 Å². The number of hydrogen-bond acceptors (Lipinski definition) is 7. The Morgan fingerprint density at radius 1 is 1.28 bits per heavy atom. The van der Waals surface area contributed by atoms with Crippen LogP contribution in [0.1, 0.15) is 24.7 Å². The molecule has 1 aromatic carbocycles. The van der Waals surface area contributed by atoms with Gasteiger partial charge in [0.1, 0.15) is 5.82 Å². The van der Waals surface area contributed by atoms with E-state index in [2.05, 4.69) is 27.4 Å². The molecule has 11 heteroatoms. The van der Waals surface area contributed by atoms with Crippen molar-refractivity contribution < 1.29 is 17.9 Å². The van der Waals surface area contributed by atoms with Crippen molar-refractivity contribution in [3.05, 3.63) is 35.7 Å². The fraction of sp³-hybridized carbons (Fsp3) is 0.500. The van der Waals surface area contributed by atoms with Crippen LogP contribution in [0.4, 0.5) is 0 Å². The Hall–Kier alpha value is -1.95. The number of nitrogens with one attached hydrogen (secondary N) is 2. The van der Waals surface area contributed by atoms with Crippen molar-refractivity contribution >= 4 is 27.7 Å². The number of morpholine rings is 1. The number of H-pyrrole nitrogens is 1. The topological polar surface area (TPSA) is 117 Å². The second-order valence-electron chi connectivity index (χ2n) is 6.54. The van der Waals surface area contributed by atoms with Gasteiger partial charge in [0.25, 0.3) is 0 Å². The number of carbonyl (C=O) groups is 1. The monoisotopic (exact) mass is 439 g/mol. The van der Waals surface area contributed by atoms with E-state index in [-0.39, 0.29) is 16.6 Å². The van der Waals surface area contributed by atoms with Crippen molar-refractivity contribution in [3.8, 4) is 0 Å². The minimum atomic E-state index is -3.51. The first-order valence-corrected chi connectivity index (χ1v) is 11.9. The molecule has 158 valence electrons. The number of aromatic amines is 1. The van der Waals surface area contributed by atoms with Crippen LogP contribution in [0.3, 0.4) is 0 Å². The van der Waals surface area contributed by atoms with Gasteiger partial charge in [-0.1, -0.05) is 30.8 Å². The first-order valence-electron chi connectivity index (χ1n) is 9.46. The number of nitrogens with zero attached hydrogens (tertiary/aromatic N) is 3. The third-order valence-corrected chi connectivity index (χ3v) is 7.11. The lowest BCUT2D eigenvalue weighted by molar-refractivity contribution is -0.118. The number of carbonyl (C=O) groups excluding carboxylic acids is 1. The number of rotatable bonds is 9. The third-order valence-electron chi connectivity index (χ3n) is 4.35. The van der Waals surface area contributed by atoms with Gasteiger partial charge in [0.05, 0.1) is 23.9 Å². The molecule has 0 atom stereocenters. The van der Waals surface area contributed by atoms with Crippen LogP contribution in [-0.2, 0) is 32.5 Å². The molecule has 1 amide bonds. The van der Waals surface area contributed by atoms with Crippen LogP contribution in [0.2, 0.25) is 0 Å². The molecule has 1 fully saturated rings. The maximum atomic E-state index is 12.6. The second kappa shape index (κ2) is 10.2. The SMILES string of the molecule is CCCc1nc(SCC(=O)NCc2ccc(S(=O)(=O)N3CCOCC3)cc2)n[nH]1.